The van der Waals surface area contributed by atoms with Crippen LogP contribution >= 0.6 is 12.2 Å². The molecule has 60 valence electrons. The molecule has 0 aliphatic heterocycles. The molecular weight excluding hydrogens is 178 g/mol. The fraction of sp³-hybridized carbons (Fsp3) is 0. The molecule has 0 saturated carbocycles. The predicted molar refractivity (Wildman–Crippen MR) is 42.4 cm³/mol. The summed E-state index contributed by atoms with van der Waals surface area (Å²) in [5, 5.41) is 18.1. The minimum atomic E-state index is -0.721. The van der Waals surface area contributed by atoms with Crippen molar-refractivity contribution < 1.29 is 5.03 Å². The number of pyridine rings is 1. The van der Waals surface area contributed by atoms with Crippen LogP contribution in [0.15, 0.2) is 18.2 Å². The minimum Gasteiger partial charge on any atom is -0.234 e. The summed E-state index contributed by atoms with van der Waals surface area (Å²) in [6.07, 6.45) is 0. The van der Waals surface area contributed by atoms with Crippen molar-refractivity contribution in [3.8, 4) is 6.07 Å². The number of nitriles is 1. The van der Waals surface area contributed by atoms with Gasteiger partial charge in [-0.2, -0.15) is 5.26 Å². The van der Waals surface area contributed by atoms with E-state index < -0.39 is 5.03 Å². The number of nitrogens with zero attached hydrogens (tertiary/aromatic N) is 3. The molecule has 0 radical (unpaired) electrons. The summed E-state index contributed by atoms with van der Waals surface area (Å²) in [4.78, 5) is 10.4. The quantitative estimate of drug-likeness (QED) is 0.370. The maximum Gasteiger partial charge on any atom is 0.189 e. The van der Waals surface area contributed by atoms with Gasteiger partial charge in [0.15, 0.2) is 15.4 Å². The summed E-state index contributed by atoms with van der Waals surface area (Å²) in [6.45, 7) is 0. The van der Waals surface area contributed by atoms with Crippen molar-refractivity contribution in [2.24, 2.45) is 0 Å². The average Bonchev–Trinajstić information content (AvgIpc) is 2.03. The lowest BCUT2D eigenvalue weighted by molar-refractivity contribution is -0.544. The van der Waals surface area contributed by atoms with Gasteiger partial charge < -0.3 is 0 Å². The molecule has 1 rings (SSSR count). The second kappa shape index (κ2) is 3.11. The SMILES string of the molecule is N#Cc1cccc(=S)n1[N+](=O)[O-]. The summed E-state index contributed by atoms with van der Waals surface area (Å²) in [5.74, 6) is 0. The van der Waals surface area contributed by atoms with Crippen molar-refractivity contribution in [1.29, 1.82) is 5.26 Å². The fourth-order valence-electron chi connectivity index (χ4n) is 0.735. The van der Waals surface area contributed by atoms with Gasteiger partial charge in [-0.15, -0.1) is 0 Å². The van der Waals surface area contributed by atoms with Crippen LogP contribution < -0.4 is 0 Å². The Morgan fingerprint density at radius 1 is 1.67 bits per heavy atom. The second-order valence-corrected chi connectivity index (χ2v) is 2.33. The van der Waals surface area contributed by atoms with Gasteiger partial charge in [-0.25, -0.2) is 10.1 Å². The molecule has 0 N–H and O–H groups in total. The topological polar surface area (TPSA) is 71.9 Å². The van der Waals surface area contributed by atoms with E-state index in [4.69, 9.17) is 5.26 Å². The Labute approximate surface area is 72.6 Å². The highest BCUT2D eigenvalue weighted by molar-refractivity contribution is 7.71. The summed E-state index contributed by atoms with van der Waals surface area (Å²) >= 11 is 4.65. The first kappa shape index (κ1) is 8.36. The average molecular weight is 181 g/mol. The third kappa shape index (κ3) is 1.31. The van der Waals surface area contributed by atoms with E-state index in [1.54, 1.807) is 6.07 Å². The third-order valence-corrected chi connectivity index (χ3v) is 1.52. The van der Waals surface area contributed by atoms with Crippen LogP contribution in [0.5, 0.6) is 0 Å². The smallest absolute Gasteiger partial charge is 0.189 e. The van der Waals surface area contributed by atoms with Gasteiger partial charge in [0.2, 0.25) is 0 Å². The predicted octanol–water partition coefficient (Wildman–Crippen LogP) is 1.13. The standard InChI is InChI=1S/C6H3N3O2S/c7-4-5-2-1-3-6(12)8(5)9(10)11/h1-3H. The monoisotopic (exact) mass is 181 g/mol. The molecule has 0 bridgehead atoms. The van der Waals surface area contributed by atoms with Crippen LogP contribution in [0.3, 0.4) is 0 Å². The molecule has 0 unspecified atom stereocenters. The summed E-state index contributed by atoms with van der Waals surface area (Å²) < 4.78 is 0.578. The van der Waals surface area contributed by atoms with Crippen molar-refractivity contribution in [3.05, 3.63) is 38.6 Å². The molecule has 5 nitrogen and oxygen atoms in total. The van der Waals surface area contributed by atoms with Crippen LogP contribution in [0.4, 0.5) is 0 Å². The highest BCUT2D eigenvalue weighted by Crippen LogP contribution is 1.99. The van der Waals surface area contributed by atoms with E-state index in [1.165, 1.54) is 18.2 Å². The van der Waals surface area contributed by atoms with Crippen molar-refractivity contribution in [2.45, 2.75) is 0 Å². The molecule has 1 aromatic rings. The number of hydrogen-bond acceptors (Lipinski definition) is 4. The molecule has 12 heavy (non-hydrogen) atoms. The van der Waals surface area contributed by atoms with Crippen molar-refractivity contribution in [1.82, 2.24) is 4.68 Å². The molecule has 1 heterocycles. The molecule has 0 aliphatic carbocycles. The van der Waals surface area contributed by atoms with Crippen molar-refractivity contribution >= 4 is 12.2 Å². The Bertz CT molecular complexity index is 418. The largest absolute Gasteiger partial charge is 0.234 e. The van der Waals surface area contributed by atoms with Crippen molar-refractivity contribution in [2.75, 3.05) is 0 Å². The normalized spacial score (nSPS) is 8.92. The number of hydrogen-bond donors (Lipinski definition) is 0. The second-order valence-electron chi connectivity index (χ2n) is 1.91. The lowest BCUT2D eigenvalue weighted by Gasteiger charge is -1.96. The number of rotatable bonds is 1. The molecule has 0 aliphatic rings. The van der Waals surface area contributed by atoms with E-state index in [-0.39, 0.29) is 10.3 Å². The van der Waals surface area contributed by atoms with E-state index in [9.17, 15) is 10.1 Å². The lowest BCUT2D eigenvalue weighted by Crippen LogP contribution is -2.13. The summed E-state index contributed by atoms with van der Waals surface area (Å²) in [6, 6.07) is 5.89. The van der Waals surface area contributed by atoms with E-state index in [2.05, 4.69) is 12.2 Å². The maximum absolute atomic E-state index is 10.4. The van der Waals surface area contributed by atoms with Gasteiger partial charge in [0, 0.05) is 0 Å². The first-order valence-corrected chi connectivity index (χ1v) is 3.34. The molecule has 0 fully saturated rings. The summed E-state index contributed by atoms with van der Waals surface area (Å²) in [7, 11) is 0. The van der Waals surface area contributed by atoms with Gasteiger partial charge in [0.25, 0.3) is 0 Å². The van der Waals surface area contributed by atoms with Gasteiger partial charge in [0.05, 0.1) is 0 Å². The van der Waals surface area contributed by atoms with Crippen molar-refractivity contribution in [3.63, 3.8) is 0 Å². The zero-order valence-corrected chi connectivity index (χ0v) is 6.61. The van der Waals surface area contributed by atoms with Gasteiger partial charge in [-0.05, 0) is 16.8 Å². The zero-order valence-electron chi connectivity index (χ0n) is 5.80. The fourth-order valence-corrected chi connectivity index (χ4v) is 0.978. The van der Waals surface area contributed by atoms with Gasteiger partial charge >= 0.3 is 0 Å². The van der Waals surface area contributed by atoms with Crippen LogP contribution in [0.2, 0.25) is 0 Å². The molecule has 1 aromatic heterocycles. The Kier molecular flexibility index (Phi) is 2.16. The summed E-state index contributed by atoms with van der Waals surface area (Å²) in [5.41, 5.74) is -0.0764. The highest BCUT2D eigenvalue weighted by Gasteiger charge is 2.08. The molecule has 0 amide bonds. The molecule has 0 aromatic carbocycles. The van der Waals surface area contributed by atoms with E-state index >= 15 is 0 Å². The maximum atomic E-state index is 10.4. The first-order valence-electron chi connectivity index (χ1n) is 2.93. The Balaban J connectivity index is 3.54. The van der Waals surface area contributed by atoms with Gasteiger partial charge in [0.1, 0.15) is 6.07 Å². The van der Waals surface area contributed by atoms with Crippen LogP contribution in [0.25, 0.3) is 0 Å². The minimum absolute atomic E-state index is 0.0130. The van der Waals surface area contributed by atoms with Gasteiger partial charge in [-0.1, -0.05) is 18.3 Å². The number of aromatic nitrogens is 1. The Hall–Kier alpha value is -1.74. The van der Waals surface area contributed by atoms with E-state index in [1.807, 2.05) is 0 Å². The molecular formula is C6H3N3O2S. The van der Waals surface area contributed by atoms with E-state index in [0.717, 1.165) is 0 Å². The third-order valence-electron chi connectivity index (χ3n) is 1.21. The first-order chi connectivity index (χ1) is 5.66. The highest BCUT2D eigenvalue weighted by atomic mass is 32.1. The van der Waals surface area contributed by atoms with Gasteiger partial charge in [-0.3, -0.25) is 0 Å². The Morgan fingerprint density at radius 2 is 2.33 bits per heavy atom. The Morgan fingerprint density at radius 3 is 2.75 bits per heavy atom. The lowest BCUT2D eigenvalue weighted by atomic mass is 10.4. The number of nitro groups is 1. The van der Waals surface area contributed by atoms with Crippen LogP contribution in [0, 0.1) is 26.1 Å². The zero-order chi connectivity index (χ0) is 9.14. The molecule has 0 saturated heterocycles. The molecule has 6 heteroatoms. The molecule has 0 atom stereocenters. The van der Waals surface area contributed by atoms with Crippen LogP contribution in [0.1, 0.15) is 5.69 Å². The van der Waals surface area contributed by atoms with Crippen LogP contribution in [-0.4, -0.2) is 9.71 Å². The van der Waals surface area contributed by atoms with E-state index in [0.29, 0.717) is 4.68 Å². The van der Waals surface area contributed by atoms with Crippen LogP contribution in [-0.2, 0) is 0 Å². The molecule has 0 spiro atoms.